The van der Waals surface area contributed by atoms with Crippen LogP contribution in [0.5, 0.6) is 0 Å². The summed E-state index contributed by atoms with van der Waals surface area (Å²) in [6.45, 7) is 3.94. The molecule has 0 N–H and O–H groups in total. The lowest BCUT2D eigenvalue weighted by Crippen LogP contribution is -2.26. The first-order valence-electron chi connectivity index (χ1n) is 6.09. The number of methoxy groups -OCH3 is 1. The highest BCUT2D eigenvalue weighted by Gasteiger charge is 2.08. The summed E-state index contributed by atoms with van der Waals surface area (Å²) in [5.41, 5.74) is 2.26. The fourth-order valence-corrected chi connectivity index (χ4v) is 1.89. The lowest BCUT2D eigenvalue weighted by Gasteiger charge is -2.09. The van der Waals surface area contributed by atoms with E-state index in [0.29, 0.717) is 23.5 Å². The van der Waals surface area contributed by atoms with E-state index in [1.54, 1.807) is 19.1 Å². The summed E-state index contributed by atoms with van der Waals surface area (Å²) in [5, 5.41) is 0. The van der Waals surface area contributed by atoms with Crippen molar-refractivity contribution in [2.24, 2.45) is 0 Å². The molecule has 0 aliphatic carbocycles. The average molecular weight is 273 g/mol. The third-order valence-electron chi connectivity index (χ3n) is 2.91. The van der Waals surface area contributed by atoms with Crippen LogP contribution in [0.4, 0.5) is 0 Å². The van der Waals surface area contributed by atoms with Gasteiger partial charge in [0.1, 0.15) is 0 Å². The van der Waals surface area contributed by atoms with Gasteiger partial charge < -0.3 is 4.74 Å². The molecule has 0 fully saturated rings. The molecular formula is C14H15N3O3. The highest BCUT2D eigenvalue weighted by Crippen LogP contribution is 2.05. The van der Waals surface area contributed by atoms with E-state index in [2.05, 4.69) is 14.7 Å². The Kier molecular flexibility index (Phi) is 3.93. The molecule has 0 aliphatic rings. The Hall–Kier alpha value is -2.50. The predicted molar refractivity (Wildman–Crippen MR) is 72.6 cm³/mol. The van der Waals surface area contributed by atoms with E-state index in [0.717, 1.165) is 5.69 Å². The molecule has 2 aromatic rings. The Morgan fingerprint density at radius 2 is 2.10 bits per heavy atom. The number of aromatic nitrogens is 3. The number of carbonyl (C=O) groups excluding carboxylic acids is 1. The van der Waals surface area contributed by atoms with Crippen LogP contribution in [0.1, 0.15) is 27.4 Å². The number of nitrogens with zero attached hydrogens (tertiary/aromatic N) is 3. The summed E-state index contributed by atoms with van der Waals surface area (Å²) in [6.07, 6.45) is 1.43. The van der Waals surface area contributed by atoms with Gasteiger partial charge in [-0.05, 0) is 32.0 Å². The van der Waals surface area contributed by atoms with Crippen molar-refractivity contribution in [3.63, 3.8) is 0 Å². The van der Waals surface area contributed by atoms with Crippen molar-refractivity contribution in [3.05, 3.63) is 57.5 Å². The highest BCUT2D eigenvalue weighted by molar-refractivity contribution is 5.88. The monoisotopic (exact) mass is 273 g/mol. The lowest BCUT2D eigenvalue weighted by molar-refractivity contribution is 0.0600. The van der Waals surface area contributed by atoms with Crippen molar-refractivity contribution in [1.82, 2.24) is 14.5 Å². The summed E-state index contributed by atoms with van der Waals surface area (Å²) in [6, 6.07) is 5.15. The van der Waals surface area contributed by atoms with Crippen LogP contribution in [0.3, 0.4) is 0 Å². The van der Waals surface area contributed by atoms with Crippen LogP contribution < -0.4 is 5.69 Å². The molecule has 2 rings (SSSR count). The number of carbonyl (C=O) groups is 1. The zero-order chi connectivity index (χ0) is 14.7. The molecular weight excluding hydrogens is 258 g/mol. The van der Waals surface area contributed by atoms with Gasteiger partial charge in [0, 0.05) is 17.6 Å². The topological polar surface area (TPSA) is 74.1 Å². The normalized spacial score (nSPS) is 10.3. The Morgan fingerprint density at radius 3 is 2.65 bits per heavy atom. The maximum atomic E-state index is 11.8. The van der Waals surface area contributed by atoms with E-state index in [9.17, 15) is 9.59 Å². The molecule has 104 valence electrons. The van der Waals surface area contributed by atoms with Crippen molar-refractivity contribution in [1.29, 1.82) is 0 Å². The Bertz CT molecular complexity index is 690. The molecule has 0 saturated heterocycles. The van der Waals surface area contributed by atoms with Gasteiger partial charge in [0.2, 0.25) is 0 Å². The van der Waals surface area contributed by atoms with E-state index in [1.807, 2.05) is 13.0 Å². The number of esters is 1. The molecule has 0 unspecified atom stereocenters. The van der Waals surface area contributed by atoms with E-state index in [1.165, 1.54) is 17.9 Å². The second-order valence-corrected chi connectivity index (χ2v) is 4.44. The van der Waals surface area contributed by atoms with Crippen molar-refractivity contribution < 1.29 is 9.53 Å². The molecule has 6 heteroatoms. The number of ether oxygens (including phenoxy) is 1. The molecule has 0 amide bonds. The molecule has 0 aromatic carbocycles. The van der Waals surface area contributed by atoms with Crippen LogP contribution in [0.15, 0.2) is 29.2 Å². The third-order valence-corrected chi connectivity index (χ3v) is 2.91. The maximum absolute atomic E-state index is 11.8. The zero-order valence-electron chi connectivity index (χ0n) is 11.6. The SMILES string of the molecule is COC(=O)c1ccc(Cn2c(C)cc(C)nc2=O)nc1. The summed E-state index contributed by atoms with van der Waals surface area (Å²) < 4.78 is 6.14. The van der Waals surface area contributed by atoms with E-state index in [-0.39, 0.29) is 5.69 Å². The fourth-order valence-electron chi connectivity index (χ4n) is 1.89. The van der Waals surface area contributed by atoms with Crippen LogP contribution in [-0.2, 0) is 11.3 Å². The minimum absolute atomic E-state index is 0.304. The van der Waals surface area contributed by atoms with Crippen LogP contribution >= 0.6 is 0 Å². The number of pyridine rings is 1. The van der Waals surface area contributed by atoms with Crippen molar-refractivity contribution in [2.75, 3.05) is 7.11 Å². The summed E-state index contributed by atoms with van der Waals surface area (Å²) in [5.74, 6) is -0.436. The first kappa shape index (κ1) is 13.9. The molecule has 6 nitrogen and oxygen atoms in total. The quantitative estimate of drug-likeness (QED) is 0.783. The molecule has 0 radical (unpaired) electrons. The van der Waals surface area contributed by atoms with E-state index in [4.69, 9.17) is 0 Å². The van der Waals surface area contributed by atoms with Gasteiger partial charge >= 0.3 is 11.7 Å². The minimum Gasteiger partial charge on any atom is -0.465 e. The Morgan fingerprint density at radius 1 is 1.35 bits per heavy atom. The van der Waals surface area contributed by atoms with Gasteiger partial charge in [0.15, 0.2) is 0 Å². The zero-order valence-corrected chi connectivity index (χ0v) is 11.6. The molecule has 0 bridgehead atoms. The summed E-state index contributed by atoms with van der Waals surface area (Å²) >= 11 is 0. The van der Waals surface area contributed by atoms with Gasteiger partial charge in [-0.1, -0.05) is 0 Å². The predicted octanol–water partition coefficient (Wildman–Crippen LogP) is 1.09. The largest absolute Gasteiger partial charge is 0.465 e. The number of aryl methyl sites for hydroxylation is 2. The first-order chi connectivity index (χ1) is 9.51. The van der Waals surface area contributed by atoms with Gasteiger partial charge in [-0.3, -0.25) is 9.55 Å². The first-order valence-corrected chi connectivity index (χ1v) is 6.09. The number of hydrogen-bond donors (Lipinski definition) is 0. The van der Waals surface area contributed by atoms with E-state index >= 15 is 0 Å². The Balaban J connectivity index is 2.27. The van der Waals surface area contributed by atoms with Crippen LogP contribution in [0.25, 0.3) is 0 Å². The highest BCUT2D eigenvalue weighted by atomic mass is 16.5. The average Bonchev–Trinajstić information content (AvgIpc) is 2.42. The molecule has 2 heterocycles. The molecule has 0 atom stereocenters. The number of hydrogen-bond acceptors (Lipinski definition) is 5. The van der Waals surface area contributed by atoms with E-state index < -0.39 is 5.97 Å². The maximum Gasteiger partial charge on any atom is 0.348 e. The molecule has 20 heavy (non-hydrogen) atoms. The van der Waals surface area contributed by atoms with Gasteiger partial charge in [-0.25, -0.2) is 9.59 Å². The summed E-state index contributed by atoms with van der Waals surface area (Å²) in [4.78, 5) is 31.2. The molecule has 2 aromatic heterocycles. The van der Waals surface area contributed by atoms with Gasteiger partial charge in [-0.2, -0.15) is 4.98 Å². The van der Waals surface area contributed by atoms with Gasteiger partial charge in [0.25, 0.3) is 0 Å². The van der Waals surface area contributed by atoms with Crippen LogP contribution in [0.2, 0.25) is 0 Å². The summed E-state index contributed by atoms with van der Waals surface area (Å²) in [7, 11) is 1.32. The van der Waals surface area contributed by atoms with Crippen molar-refractivity contribution >= 4 is 5.97 Å². The molecule has 0 spiro atoms. The lowest BCUT2D eigenvalue weighted by atomic mass is 10.2. The van der Waals surface area contributed by atoms with Crippen molar-refractivity contribution in [3.8, 4) is 0 Å². The van der Waals surface area contributed by atoms with Gasteiger partial charge in [-0.15, -0.1) is 0 Å². The molecule has 0 aliphatic heterocycles. The van der Waals surface area contributed by atoms with Crippen molar-refractivity contribution in [2.45, 2.75) is 20.4 Å². The smallest absolute Gasteiger partial charge is 0.348 e. The minimum atomic E-state index is -0.436. The fraction of sp³-hybridized carbons (Fsp3) is 0.286. The van der Waals surface area contributed by atoms with Crippen LogP contribution in [-0.4, -0.2) is 27.6 Å². The third kappa shape index (κ3) is 2.90. The van der Waals surface area contributed by atoms with Gasteiger partial charge in [0.05, 0.1) is 24.9 Å². The second kappa shape index (κ2) is 5.64. The second-order valence-electron chi connectivity index (χ2n) is 4.44. The Labute approximate surface area is 116 Å². The standard InChI is InChI=1S/C14H15N3O3/c1-9-6-10(2)17(14(19)16-9)8-12-5-4-11(7-15-12)13(18)20-3/h4-7H,8H2,1-3H3. The van der Waals surface area contributed by atoms with Crippen LogP contribution in [0, 0.1) is 13.8 Å². The number of rotatable bonds is 3. The molecule has 0 saturated carbocycles.